The van der Waals surface area contributed by atoms with E-state index in [1.807, 2.05) is 23.3 Å². The van der Waals surface area contributed by atoms with Crippen LogP contribution in [-0.2, 0) is 13.1 Å². The lowest BCUT2D eigenvalue weighted by Crippen LogP contribution is -2.43. The molecule has 0 unspecified atom stereocenters. The summed E-state index contributed by atoms with van der Waals surface area (Å²) in [4.78, 5) is 33.4. The summed E-state index contributed by atoms with van der Waals surface area (Å²) in [6.07, 6.45) is 6.79. The second kappa shape index (κ2) is 9.00. The maximum Gasteiger partial charge on any atom is 0.259 e. The Morgan fingerprint density at radius 3 is 2.52 bits per heavy atom. The van der Waals surface area contributed by atoms with Crippen molar-refractivity contribution in [1.29, 1.82) is 0 Å². The van der Waals surface area contributed by atoms with Gasteiger partial charge in [-0.2, -0.15) is 0 Å². The van der Waals surface area contributed by atoms with Crippen LogP contribution in [0.15, 0.2) is 47.4 Å². The van der Waals surface area contributed by atoms with Crippen LogP contribution in [-0.4, -0.2) is 26.4 Å². The largest absolute Gasteiger partial charge is 0.332 e. The normalized spacial score (nSPS) is 14.7. The van der Waals surface area contributed by atoms with Crippen LogP contribution < -0.4 is 5.43 Å². The minimum atomic E-state index is -0.303. The average Bonchev–Trinajstić information content (AvgIpc) is 2.79. The molecule has 4 rings (SSSR count). The van der Waals surface area contributed by atoms with E-state index in [0.717, 1.165) is 36.9 Å². The second-order valence-electron chi connectivity index (χ2n) is 8.33. The number of benzene rings is 1. The van der Waals surface area contributed by atoms with Crippen LogP contribution in [0.2, 0.25) is 0 Å². The Balaban J connectivity index is 1.77. The number of fused-ring (bicyclic) bond motifs is 1. The molecule has 6 heteroatoms. The van der Waals surface area contributed by atoms with Gasteiger partial charge >= 0.3 is 0 Å². The summed E-state index contributed by atoms with van der Waals surface area (Å²) in [5.41, 5.74) is 2.18. The highest BCUT2D eigenvalue weighted by Gasteiger charge is 2.29. The zero-order valence-electron chi connectivity index (χ0n) is 18.1. The van der Waals surface area contributed by atoms with Gasteiger partial charge in [-0.15, -0.1) is 0 Å². The Labute approximate surface area is 181 Å². The number of hydrogen-bond donors (Lipinski definition) is 0. The zero-order valence-corrected chi connectivity index (χ0v) is 18.1. The first-order chi connectivity index (χ1) is 15.0. The van der Waals surface area contributed by atoms with Crippen molar-refractivity contribution < 1.29 is 9.18 Å². The Morgan fingerprint density at radius 2 is 1.84 bits per heavy atom. The maximum absolute atomic E-state index is 13.7. The van der Waals surface area contributed by atoms with Crippen molar-refractivity contribution in [3.05, 3.63) is 75.5 Å². The third-order valence-electron chi connectivity index (χ3n) is 6.17. The molecule has 1 aliphatic rings. The third kappa shape index (κ3) is 4.38. The summed E-state index contributed by atoms with van der Waals surface area (Å²) < 4.78 is 15.3. The van der Waals surface area contributed by atoms with E-state index in [0.29, 0.717) is 24.1 Å². The molecule has 2 heterocycles. The number of carbonyl (C=O) groups excluding carboxylic acids is 1. The summed E-state index contributed by atoms with van der Waals surface area (Å²) in [6.45, 7) is 4.82. The molecule has 0 radical (unpaired) electrons. The average molecular weight is 422 g/mol. The number of pyridine rings is 2. The predicted molar refractivity (Wildman–Crippen MR) is 120 cm³/mol. The van der Waals surface area contributed by atoms with E-state index < -0.39 is 0 Å². The SMILES string of the molecule is CCn1cc(C(=O)N(Cc2ccc(F)cc2)C2CCCCC2)c(=O)c2ccc(C)nc21. The molecule has 162 valence electrons. The quantitative estimate of drug-likeness (QED) is 0.592. The fourth-order valence-electron chi connectivity index (χ4n) is 4.45. The molecule has 31 heavy (non-hydrogen) atoms. The third-order valence-corrected chi connectivity index (χ3v) is 6.17. The molecule has 1 aliphatic carbocycles. The fraction of sp³-hybridized carbons (Fsp3) is 0.400. The van der Waals surface area contributed by atoms with Crippen molar-refractivity contribution in [2.45, 2.75) is 65.1 Å². The number of aromatic nitrogens is 2. The number of aryl methyl sites for hydroxylation is 2. The van der Waals surface area contributed by atoms with E-state index in [-0.39, 0.29) is 28.8 Å². The minimum Gasteiger partial charge on any atom is -0.332 e. The molecule has 0 atom stereocenters. The van der Waals surface area contributed by atoms with E-state index in [2.05, 4.69) is 4.98 Å². The summed E-state index contributed by atoms with van der Waals surface area (Å²) in [6, 6.07) is 9.86. The molecule has 5 nitrogen and oxygen atoms in total. The van der Waals surface area contributed by atoms with E-state index in [9.17, 15) is 14.0 Å². The molecular formula is C25H28FN3O2. The standard InChI is InChI=1S/C25H28FN3O2/c1-3-28-16-22(23(30)21-14-9-17(2)27-24(21)28)25(31)29(20-7-5-4-6-8-20)15-18-10-12-19(26)13-11-18/h9-14,16,20H,3-8,15H2,1-2H3. The van der Waals surface area contributed by atoms with Gasteiger partial charge < -0.3 is 9.47 Å². The first-order valence-electron chi connectivity index (χ1n) is 11.0. The van der Waals surface area contributed by atoms with Gasteiger partial charge in [0, 0.05) is 31.0 Å². The topological polar surface area (TPSA) is 55.2 Å². The van der Waals surface area contributed by atoms with Crippen molar-refractivity contribution in [3.63, 3.8) is 0 Å². The first-order valence-corrected chi connectivity index (χ1v) is 11.0. The molecule has 0 aliphatic heterocycles. The Hall–Kier alpha value is -3.02. The van der Waals surface area contributed by atoms with Crippen molar-refractivity contribution in [2.24, 2.45) is 0 Å². The fourth-order valence-corrected chi connectivity index (χ4v) is 4.45. The van der Waals surface area contributed by atoms with Crippen LogP contribution >= 0.6 is 0 Å². The molecule has 1 amide bonds. The molecule has 2 aromatic heterocycles. The van der Waals surface area contributed by atoms with E-state index >= 15 is 0 Å². The highest BCUT2D eigenvalue weighted by atomic mass is 19.1. The predicted octanol–water partition coefficient (Wildman–Crippen LogP) is 4.84. The Morgan fingerprint density at radius 1 is 1.13 bits per heavy atom. The maximum atomic E-state index is 13.7. The van der Waals surface area contributed by atoms with Crippen LogP contribution in [0.25, 0.3) is 11.0 Å². The van der Waals surface area contributed by atoms with Gasteiger partial charge in [-0.1, -0.05) is 31.4 Å². The number of carbonyl (C=O) groups is 1. The lowest BCUT2D eigenvalue weighted by atomic mass is 9.93. The van der Waals surface area contributed by atoms with Crippen molar-refractivity contribution in [1.82, 2.24) is 14.5 Å². The number of hydrogen-bond acceptors (Lipinski definition) is 3. The van der Waals surface area contributed by atoms with Crippen molar-refractivity contribution in [2.75, 3.05) is 0 Å². The van der Waals surface area contributed by atoms with Gasteiger partial charge in [-0.3, -0.25) is 9.59 Å². The number of nitrogens with zero attached hydrogens (tertiary/aromatic N) is 3. The van der Waals surface area contributed by atoms with Gasteiger partial charge in [-0.05, 0) is 56.5 Å². The highest BCUT2D eigenvalue weighted by Crippen LogP contribution is 2.26. The van der Waals surface area contributed by atoms with E-state index in [1.165, 1.54) is 18.6 Å². The molecule has 1 fully saturated rings. The zero-order chi connectivity index (χ0) is 22.0. The van der Waals surface area contributed by atoms with E-state index in [4.69, 9.17) is 0 Å². The smallest absolute Gasteiger partial charge is 0.259 e. The first kappa shape index (κ1) is 21.2. The van der Waals surface area contributed by atoms with Crippen molar-refractivity contribution >= 4 is 16.9 Å². The molecule has 0 saturated heterocycles. The number of amides is 1. The van der Waals surface area contributed by atoms with Gasteiger partial charge in [0.15, 0.2) is 0 Å². The molecule has 0 N–H and O–H groups in total. The monoisotopic (exact) mass is 421 g/mol. The van der Waals surface area contributed by atoms with Crippen molar-refractivity contribution in [3.8, 4) is 0 Å². The van der Waals surface area contributed by atoms with Gasteiger partial charge in [0.25, 0.3) is 5.91 Å². The van der Waals surface area contributed by atoms with Gasteiger partial charge in [0.1, 0.15) is 17.0 Å². The van der Waals surface area contributed by atoms with Gasteiger partial charge in [-0.25, -0.2) is 9.37 Å². The lowest BCUT2D eigenvalue weighted by molar-refractivity contribution is 0.0612. The summed E-state index contributed by atoms with van der Waals surface area (Å²) in [5, 5.41) is 0.462. The molecule has 0 bridgehead atoms. The molecule has 1 aromatic carbocycles. The van der Waals surface area contributed by atoms with E-state index in [1.54, 1.807) is 30.5 Å². The summed E-state index contributed by atoms with van der Waals surface area (Å²) in [5.74, 6) is -0.562. The Kier molecular flexibility index (Phi) is 6.16. The molecule has 3 aromatic rings. The second-order valence-corrected chi connectivity index (χ2v) is 8.33. The summed E-state index contributed by atoms with van der Waals surface area (Å²) >= 11 is 0. The van der Waals surface area contributed by atoms with Gasteiger partial charge in [0.2, 0.25) is 5.43 Å². The number of rotatable bonds is 5. The minimum absolute atomic E-state index is 0.0765. The molecule has 0 spiro atoms. The van der Waals surface area contributed by atoms with Crippen LogP contribution in [0.4, 0.5) is 4.39 Å². The lowest BCUT2D eigenvalue weighted by Gasteiger charge is -2.34. The van der Waals surface area contributed by atoms with Crippen LogP contribution in [0.5, 0.6) is 0 Å². The van der Waals surface area contributed by atoms with Crippen LogP contribution in [0.3, 0.4) is 0 Å². The highest BCUT2D eigenvalue weighted by molar-refractivity contribution is 5.97. The Bertz CT molecular complexity index is 1150. The molecule has 1 saturated carbocycles. The van der Waals surface area contributed by atoms with Crippen LogP contribution in [0, 0.1) is 12.7 Å². The summed E-state index contributed by atoms with van der Waals surface area (Å²) in [7, 11) is 0. The van der Waals surface area contributed by atoms with Crippen LogP contribution in [0.1, 0.15) is 60.6 Å². The number of halogens is 1. The molecular weight excluding hydrogens is 393 g/mol. The van der Waals surface area contributed by atoms with Gasteiger partial charge in [0.05, 0.1) is 5.39 Å².